The van der Waals surface area contributed by atoms with Crippen LogP contribution in [0.25, 0.3) is 21.8 Å². The van der Waals surface area contributed by atoms with Gasteiger partial charge in [0.05, 0.1) is 11.0 Å². The number of hydrogen-bond acceptors (Lipinski definition) is 2. The minimum atomic E-state index is 0.977. The summed E-state index contributed by atoms with van der Waals surface area (Å²) in [6.07, 6.45) is 5.33. The van der Waals surface area contributed by atoms with Crippen LogP contribution in [-0.2, 0) is 0 Å². The molecule has 1 aromatic carbocycles. The van der Waals surface area contributed by atoms with Gasteiger partial charge in [0, 0.05) is 23.2 Å². The molecule has 62 valence electrons. The van der Waals surface area contributed by atoms with Crippen molar-refractivity contribution in [1.82, 2.24) is 15.0 Å². The molecule has 0 spiro atoms. The van der Waals surface area contributed by atoms with Crippen molar-refractivity contribution < 1.29 is 0 Å². The lowest BCUT2D eigenvalue weighted by atomic mass is 10.2. The molecule has 3 nitrogen and oxygen atoms in total. The SMILES string of the molecule is c1ncc2c(ccc3cc[nH]c32)n1. The summed E-state index contributed by atoms with van der Waals surface area (Å²) in [6.45, 7) is 0. The van der Waals surface area contributed by atoms with E-state index in [4.69, 9.17) is 0 Å². The highest BCUT2D eigenvalue weighted by Crippen LogP contribution is 2.21. The van der Waals surface area contributed by atoms with Crippen LogP contribution in [0.15, 0.2) is 36.9 Å². The van der Waals surface area contributed by atoms with E-state index in [1.54, 1.807) is 6.33 Å². The van der Waals surface area contributed by atoms with E-state index in [0.29, 0.717) is 0 Å². The maximum atomic E-state index is 4.18. The maximum absolute atomic E-state index is 4.18. The Morgan fingerprint density at radius 1 is 1.15 bits per heavy atom. The van der Waals surface area contributed by atoms with Crippen LogP contribution in [0.2, 0.25) is 0 Å². The molecule has 0 bridgehead atoms. The minimum Gasteiger partial charge on any atom is -0.361 e. The van der Waals surface area contributed by atoms with Gasteiger partial charge < -0.3 is 4.98 Å². The summed E-state index contributed by atoms with van der Waals surface area (Å²) in [7, 11) is 0. The van der Waals surface area contributed by atoms with Gasteiger partial charge >= 0.3 is 0 Å². The van der Waals surface area contributed by atoms with Gasteiger partial charge in [-0.1, -0.05) is 6.07 Å². The summed E-state index contributed by atoms with van der Waals surface area (Å²) in [4.78, 5) is 11.4. The number of fused-ring (bicyclic) bond motifs is 3. The molecule has 0 amide bonds. The van der Waals surface area contributed by atoms with E-state index in [0.717, 1.165) is 16.4 Å². The van der Waals surface area contributed by atoms with Crippen LogP contribution in [0.5, 0.6) is 0 Å². The number of H-pyrrole nitrogens is 1. The first-order valence-electron chi connectivity index (χ1n) is 4.11. The van der Waals surface area contributed by atoms with Crippen molar-refractivity contribution in [2.75, 3.05) is 0 Å². The summed E-state index contributed by atoms with van der Waals surface area (Å²) in [6, 6.07) is 6.11. The van der Waals surface area contributed by atoms with Crippen molar-refractivity contribution in [1.29, 1.82) is 0 Å². The maximum Gasteiger partial charge on any atom is 0.116 e. The largest absolute Gasteiger partial charge is 0.361 e. The van der Waals surface area contributed by atoms with Gasteiger partial charge in [0.2, 0.25) is 0 Å². The molecular formula is C10H7N3. The van der Waals surface area contributed by atoms with Crippen molar-refractivity contribution in [3.8, 4) is 0 Å². The first kappa shape index (κ1) is 6.60. The van der Waals surface area contributed by atoms with Gasteiger partial charge in [-0.05, 0) is 12.1 Å². The highest BCUT2D eigenvalue weighted by atomic mass is 14.8. The molecule has 0 saturated carbocycles. The molecule has 3 heteroatoms. The fraction of sp³-hybridized carbons (Fsp3) is 0. The lowest BCUT2D eigenvalue weighted by Gasteiger charge is -1.96. The lowest BCUT2D eigenvalue weighted by molar-refractivity contribution is 1.22. The average molecular weight is 169 g/mol. The topological polar surface area (TPSA) is 41.6 Å². The zero-order valence-electron chi connectivity index (χ0n) is 6.86. The van der Waals surface area contributed by atoms with Gasteiger partial charge in [-0.15, -0.1) is 0 Å². The van der Waals surface area contributed by atoms with Crippen molar-refractivity contribution >= 4 is 21.8 Å². The molecule has 3 rings (SSSR count). The third-order valence-corrected chi connectivity index (χ3v) is 2.21. The van der Waals surface area contributed by atoms with Crippen LogP contribution in [0.1, 0.15) is 0 Å². The molecular weight excluding hydrogens is 162 g/mol. The summed E-state index contributed by atoms with van der Waals surface area (Å²) in [5, 5.41) is 2.27. The molecule has 0 aliphatic heterocycles. The number of nitrogens with one attached hydrogen (secondary N) is 1. The molecule has 2 heterocycles. The van der Waals surface area contributed by atoms with Gasteiger partial charge in [-0.3, -0.25) is 0 Å². The molecule has 0 aliphatic rings. The van der Waals surface area contributed by atoms with Gasteiger partial charge in [-0.25, -0.2) is 9.97 Å². The Bertz CT molecular complexity index is 568. The molecule has 0 atom stereocenters. The predicted octanol–water partition coefficient (Wildman–Crippen LogP) is 2.11. The van der Waals surface area contributed by atoms with Crippen LogP contribution in [-0.4, -0.2) is 15.0 Å². The molecule has 2 aromatic heterocycles. The third-order valence-electron chi connectivity index (χ3n) is 2.21. The first-order chi connectivity index (χ1) is 6.45. The fourth-order valence-corrected chi connectivity index (χ4v) is 1.59. The van der Waals surface area contributed by atoms with E-state index in [1.807, 2.05) is 24.5 Å². The Morgan fingerprint density at radius 2 is 2.15 bits per heavy atom. The minimum absolute atomic E-state index is 0.977. The monoisotopic (exact) mass is 169 g/mol. The van der Waals surface area contributed by atoms with Crippen molar-refractivity contribution in [2.24, 2.45) is 0 Å². The molecule has 0 aliphatic carbocycles. The summed E-state index contributed by atoms with van der Waals surface area (Å²) >= 11 is 0. The Hall–Kier alpha value is -1.90. The zero-order valence-corrected chi connectivity index (χ0v) is 6.86. The second kappa shape index (κ2) is 2.29. The third kappa shape index (κ3) is 0.839. The number of benzene rings is 1. The van der Waals surface area contributed by atoms with Gasteiger partial charge in [0.15, 0.2) is 0 Å². The van der Waals surface area contributed by atoms with Crippen molar-refractivity contribution in [3.05, 3.63) is 36.9 Å². The van der Waals surface area contributed by atoms with Crippen LogP contribution < -0.4 is 0 Å². The Balaban J connectivity index is 2.65. The zero-order chi connectivity index (χ0) is 8.67. The van der Waals surface area contributed by atoms with Crippen molar-refractivity contribution in [3.63, 3.8) is 0 Å². The Kier molecular flexibility index (Phi) is 1.16. The normalized spacial score (nSPS) is 11.1. The molecule has 0 radical (unpaired) electrons. The predicted molar refractivity (Wildman–Crippen MR) is 51.4 cm³/mol. The van der Waals surface area contributed by atoms with Crippen LogP contribution in [0.4, 0.5) is 0 Å². The summed E-state index contributed by atoms with van der Waals surface area (Å²) in [5.41, 5.74) is 2.09. The number of aromatic amines is 1. The van der Waals surface area contributed by atoms with E-state index < -0.39 is 0 Å². The van der Waals surface area contributed by atoms with Crippen LogP contribution >= 0.6 is 0 Å². The van der Waals surface area contributed by atoms with E-state index in [-0.39, 0.29) is 0 Å². The molecule has 0 unspecified atom stereocenters. The molecule has 0 fully saturated rings. The molecule has 0 saturated heterocycles. The molecule has 3 aromatic rings. The second-order valence-electron chi connectivity index (χ2n) is 2.96. The van der Waals surface area contributed by atoms with E-state index in [9.17, 15) is 0 Å². The standard InChI is InChI=1S/C10H7N3/c1-2-9-8(5-11-6-13-9)10-7(1)3-4-12-10/h1-6,12H. The number of nitrogens with zero attached hydrogens (tertiary/aromatic N) is 2. The van der Waals surface area contributed by atoms with E-state index >= 15 is 0 Å². The number of hydrogen-bond donors (Lipinski definition) is 1. The van der Waals surface area contributed by atoms with E-state index in [1.165, 1.54) is 5.39 Å². The van der Waals surface area contributed by atoms with E-state index in [2.05, 4.69) is 21.0 Å². The lowest BCUT2D eigenvalue weighted by Crippen LogP contribution is -1.81. The van der Waals surface area contributed by atoms with Crippen molar-refractivity contribution in [2.45, 2.75) is 0 Å². The highest BCUT2D eigenvalue weighted by Gasteiger charge is 2.00. The van der Waals surface area contributed by atoms with Gasteiger partial charge in [0.1, 0.15) is 6.33 Å². The second-order valence-corrected chi connectivity index (χ2v) is 2.96. The Labute approximate surface area is 74.4 Å². The summed E-state index contributed by atoms with van der Waals surface area (Å²) < 4.78 is 0. The van der Waals surface area contributed by atoms with Gasteiger partial charge in [-0.2, -0.15) is 0 Å². The first-order valence-corrected chi connectivity index (χ1v) is 4.11. The van der Waals surface area contributed by atoms with Crippen LogP contribution in [0, 0.1) is 0 Å². The number of aromatic nitrogens is 3. The highest BCUT2D eigenvalue weighted by molar-refractivity contribution is 6.03. The van der Waals surface area contributed by atoms with Gasteiger partial charge in [0.25, 0.3) is 0 Å². The molecule has 13 heavy (non-hydrogen) atoms. The number of rotatable bonds is 0. The fourth-order valence-electron chi connectivity index (χ4n) is 1.59. The van der Waals surface area contributed by atoms with Crippen LogP contribution in [0.3, 0.4) is 0 Å². The average Bonchev–Trinajstić information content (AvgIpc) is 2.65. The smallest absolute Gasteiger partial charge is 0.116 e. The Morgan fingerprint density at radius 3 is 3.15 bits per heavy atom. The quantitative estimate of drug-likeness (QED) is 0.560. The molecule has 1 N–H and O–H groups in total. The summed E-state index contributed by atoms with van der Waals surface area (Å²) in [5.74, 6) is 0.